The Morgan fingerprint density at radius 1 is 0.960 bits per heavy atom. The third-order valence-corrected chi connectivity index (χ3v) is 5.45. The first-order chi connectivity index (χ1) is 12.2. The minimum absolute atomic E-state index is 0.275. The Morgan fingerprint density at radius 3 is 2.40 bits per heavy atom. The highest BCUT2D eigenvalue weighted by atomic mass is 16.5. The summed E-state index contributed by atoms with van der Waals surface area (Å²) in [5, 5.41) is 10.5. The van der Waals surface area contributed by atoms with Crippen molar-refractivity contribution in [3.05, 3.63) is 46.5 Å². The van der Waals surface area contributed by atoms with Crippen molar-refractivity contribution in [2.75, 3.05) is 27.9 Å². The van der Waals surface area contributed by atoms with Crippen LogP contribution in [0.15, 0.2) is 24.3 Å². The van der Waals surface area contributed by atoms with Gasteiger partial charge in [0.1, 0.15) is 0 Å². The SMILES string of the molecule is COc1cc2c(cc1OC)[C@@H]1Cc3ccc(OC)c(O)c3CN1CC2. The Kier molecular flexibility index (Phi) is 3.96. The van der Waals surface area contributed by atoms with Crippen molar-refractivity contribution >= 4 is 0 Å². The van der Waals surface area contributed by atoms with Gasteiger partial charge in [-0.05, 0) is 47.7 Å². The average Bonchev–Trinajstić information content (AvgIpc) is 2.66. The minimum Gasteiger partial charge on any atom is -0.504 e. The third-order valence-electron chi connectivity index (χ3n) is 5.45. The van der Waals surface area contributed by atoms with Crippen LogP contribution in [0.1, 0.15) is 28.3 Å². The lowest BCUT2D eigenvalue weighted by molar-refractivity contribution is 0.157. The molecule has 1 atom stereocenters. The molecule has 2 aromatic rings. The first kappa shape index (κ1) is 16.1. The summed E-state index contributed by atoms with van der Waals surface area (Å²) in [4.78, 5) is 2.43. The topological polar surface area (TPSA) is 51.2 Å². The molecule has 0 fully saturated rings. The molecule has 0 bridgehead atoms. The lowest BCUT2D eigenvalue weighted by Gasteiger charge is -2.41. The quantitative estimate of drug-likeness (QED) is 0.930. The molecule has 0 unspecified atom stereocenters. The van der Waals surface area contributed by atoms with Gasteiger partial charge < -0.3 is 19.3 Å². The van der Waals surface area contributed by atoms with Crippen LogP contribution < -0.4 is 14.2 Å². The highest BCUT2D eigenvalue weighted by molar-refractivity contribution is 5.54. The summed E-state index contributed by atoms with van der Waals surface area (Å²) in [6.45, 7) is 1.69. The summed E-state index contributed by atoms with van der Waals surface area (Å²) >= 11 is 0. The van der Waals surface area contributed by atoms with E-state index in [2.05, 4.69) is 23.1 Å². The fourth-order valence-electron chi connectivity index (χ4n) is 4.11. The second-order valence-electron chi connectivity index (χ2n) is 6.60. The third kappa shape index (κ3) is 2.50. The molecular weight excluding hydrogens is 318 g/mol. The van der Waals surface area contributed by atoms with E-state index in [1.165, 1.54) is 16.7 Å². The first-order valence-electron chi connectivity index (χ1n) is 8.52. The minimum atomic E-state index is 0.275. The van der Waals surface area contributed by atoms with Gasteiger partial charge in [0, 0.05) is 24.7 Å². The number of benzene rings is 2. The van der Waals surface area contributed by atoms with Gasteiger partial charge in [-0.15, -0.1) is 0 Å². The van der Waals surface area contributed by atoms with E-state index >= 15 is 0 Å². The Morgan fingerprint density at radius 2 is 1.68 bits per heavy atom. The zero-order valence-electron chi connectivity index (χ0n) is 14.8. The Balaban J connectivity index is 1.76. The molecule has 0 spiro atoms. The second-order valence-corrected chi connectivity index (χ2v) is 6.60. The van der Waals surface area contributed by atoms with Crippen LogP contribution >= 0.6 is 0 Å². The number of hydrogen-bond donors (Lipinski definition) is 1. The van der Waals surface area contributed by atoms with E-state index in [-0.39, 0.29) is 5.75 Å². The monoisotopic (exact) mass is 341 g/mol. The summed E-state index contributed by atoms with van der Waals surface area (Å²) in [7, 11) is 4.93. The standard InChI is InChI=1S/C20H23NO4/c1-23-17-5-4-12-8-16-14-10-19(25-3)18(24-2)9-13(14)6-7-21(16)11-15(12)20(17)22/h4-5,9-10,16,22H,6-8,11H2,1-3H3/t16-/m0/s1. The zero-order valence-corrected chi connectivity index (χ0v) is 14.8. The lowest BCUT2D eigenvalue weighted by atomic mass is 9.83. The molecule has 0 aromatic heterocycles. The molecule has 2 aliphatic heterocycles. The molecule has 0 aliphatic carbocycles. The summed E-state index contributed by atoms with van der Waals surface area (Å²) in [5.74, 6) is 2.37. The molecule has 2 heterocycles. The Labute approximate surface area is 147 Å². The molecule has 0 amide bonds. The van der Waals surface area contributed by atoms with Gasteiger partial charge in [-0.1, -0.05) is 6.07 Å². The van der Waals surface area contributed by atoms with Crippen LogP contribution in [0.2, 0.25) is 0 Å². The summed E-state index contributed by atoms with van der Waals surface area (Å²) < 4.78 is 16.2. The Hall–Kier alpha value is -2.40. The predicted molar refractivity (Wildman–Crippen MR) is 94.8 cm³/mol. The van der Waals surface area contributed by atoms with E-state index in [0.717, 1.165) is 43.0 Å². The maximum absolute atomic E-state index is 10.5. The number of fused-ring (bicyclic) bond motifs is 4. The maximum Gasteiger partial charge on any atom is 0.162 e. The van der Waals surface area contributed by atoms with Crippen LogP contribution in [0, 0.1) is 0 Å². The molecule has 0 saturated carbocycles. The number of hydrogen-bond acceptors (Lipinski definition) is 5. The number of phenolic OH excluding ortho intramolecular Hbond substituents is 1. The molecule has 0 radical (unpaired) electrons. The van der Waals surface area contributed by atoms with Crippen molar-refractivity contribution in [2.45, 2.75) is 25.4 Å². The molecule has 25 heavy (non-hydrogen) atoms. The van der Waals surface area contributed by atoms with Gasteiger partial charge in [0.05, 0.1) is 21.3 Å². The molecule has 5 nitrogen and oxygen atoms in total. The van der Waals surface area contributed by atoms with Crippen molar-refractivity contribution < 1.29 is 19.3 Å². The molecule has 1 N–H and O–H groups in total. The maximum atomic E-state index is 10.5. The second kappa shape index (κ2) is 6.15. The van der Waals surface area contributed by atoms with Crippen molar-refractivity contribution in [2.24, 2.45) is 0 Å². The van der Waals surface area contributed by atoms with Crippen LogP contribution in [0.4, 0.5) is 0 Å². The normalized spacial score (nSPS) is 18.8. The smallest absolute Gasteiger partial charge is 0.162 e. The zero-order chi connectivity index (χ0) is 17.6. The van der Waals surface area contributed by atoms with E-state index in [1.54, 1.807) is 21.3 Å². The molecule has 2 aliphatic rings. The number of methoxy groups -OCH3 is 3. The highest BCUT2D eigenvalue weighted by Crippen LogP contribution is 2.45. The lowest BCUT2D eigenvalue weighted by Crippen LogP contribution is -2.39. The van der Waals surface area contributed by atoms with Gasteiger partial charge in [0.2, 0.25) is 0 Å². The molecule has 0 saturated heterocycles. The molecule has 5 heteroatoms. The van der Waals surface area contributed by atoms with E-state index in [1.807, 2.05) is 6.07 Å². The molecule has 132 valence electrons. The molecular formula is C20H23NO4. The number of ether oxygens (including phenoxy) is 3. The number of phenols is 1. The van der Waals surface area contributed by atoms with Crippen LogP contribution in [0.5, 0.6) is 23.0 Å². The van der Waals surface area contributed by atoms with Crippen molar-refractivity contribution in [3.63, 3.8) is 0 Å². The summed E-state index contributed by atoms with van der Waals surface area (Å²) in [6, 6.07) is 8.43. The van der Waals surface area contributed by atoms with Crippen LogP contribution in [-0.2, 0) is 19.4 Å². The predicted octanol–water partition coefficient (Wildman–Crippen LogP) is 3.07. The van der Waals surface area contributed by atoms with Gasteiger partial charge in [-0.3, -0.25) is 4.90 Å². The summed E-state index contributed by atoms with van der Waals surface area (Å²) in [5.41, 5.74) is 4.78. The van der Waals surface area contributed by atoms with Crippen LogP contribution in [0.25, 0.3) is 0 Å². The van der Waals surface area contributed by atoms with E-state index < -0.39 is 0 Å². The van der Waals surface area contributed by atoms with Crippen LogP contribution in [0.3, 0.4) is 0 Å². The molecule has 4 rings (SSSR count). The van der Waals surface area contributed by atoms with Gasteiger partial charge in [-0.25, -0.2) is 0 Å². The Bertz CT molecular complexity index is 818. The largest absolute Gasteiger partial charge is 0.504 e. The number of aromatic hydroxyl groups is 1. The van der Waals surface area contributed by atoms with Gasteiger partial charge in [0.25, 0.3) is 0 Å². The fraction of sp³-hybridized carbons (Fsp3) is 0.400. The van der Waals surface area contributed by atoms with Crippen molar-refractivity contribution in [1.82, 2.24) is 4.90 Å². The van der Waals surface area contributed by atoms with Gasteiger partial charge in [-0.2, -0.15) is 0 Å². The van der Waals surface area contributed by atoms with Crippen LogP contribution in [-0.4, -0.2) is 37.9 Å². The fourth-order valence-corrected chi connectivity index (χ4v) is 4.11. The number of nitrogens with zero attached hydrogens (tertiary/aromatic N) is 1. The molecule has 2 aromatic carbocycles. The summed E-state index contributed by atoms with van der Waals surface area (Å²) in [6.07, 6.45) is 1.83. The van der Waals surface area contributed by atoms with Gasteiger partial charge >= 0.3 is 0 Å². The van der Waals surface area contributed by atoms with E-state index in [0.29, 0.717) is 11.8 Å². The average molecular weight is 341 g/mol. The number of rotatable bonds is 3. The van der Waals surface area contributed by atoms with E-state index in [9.17, 15) is 5.11 Å². The van der Waals surface area contributed by atoms with Gasteiger partial charge in [0.15, 0.2) is 23.0 Å². The van der Waals surface area contributed by atoms with Crippen molar-refractivity contribution in [1.29, 1.82) is 0 Å². The van der Waals surface area contributed by atoms with E-state index in [4.69, 9.17) is 14.2 Å². The first-order valence-corrected chi connectivity index (χ1v) is 8.52. The highest BCUT2D eigenvalue weighted by Gasteiger charge is 2.34. The van der Waals surface area contributed by atoms with Crippen molar-refractivity contribution in [3.8, 4) is 23.0 Å².